The number of thiophene rings is 1. The van der Waals surface area contributed by atoms with E-state index in [1.807, 2.05) is 21.7 Å². The number of alkyl halides is 3. The second kappa shape index (κ2) is 7.59. The lowest BCUT2D eigenvalue weighted by molar-refractivity contribution is -0.141. The first-order chi connectivity index (χ1) is 11.9. The summed E-state index contributed by atoms with van der Waals surface area (Å²) in [5, 5.41) is 7.46. The molecule has 0 saturated heterocycles. The fourth-order valence-electron chi connectivity index (χ4n) is 3.24. The Hall–Kier alpha value is -1.83. The lowest BCUT2D eigenvalue weighted by Crippen LogP contribution is -2.41. The Labute approximate surface area is 148 Å². The molecule has 3 rings (SSSR count). The van der Waals surface area contributed by atoms with Crippen LogP contribution < -0.4 is 0 Å². The molecule has 0 radical (unpaired) electrons. The second-order valence-electron chi connectivity index (χ2n) is 6.30. The van der Waals surface area contributed by atoms with E-state index in [2.05, 4.69) is 5.10 Å². The topological polar surface area (TPSA) is 38.1 Å². The molecule has 1 fully saturated rings. The molecule has 25 heavy (non-hydrogen) atoms. The average Bonchev–Trinajstić information content (AvgIpc) is 3.29. The smallest absolute Gasteiger partial charge is 0.338 e. The zero-order valence-electron chi connectivity index (χ0n) is 13.7. The van der Waals surface area contributed by atoms with Crippen LogP contribution in [0.25, 0.3) is 0 Å². The van der Waals surface area contributed by atoms with Gasteiger partial charge in [-0.15, -0.1) is 0 Å². The number of hydrogen-bond donors (Lipinski definition) is 0. The zero-order valence-corrected chi connectivity index (χ0v) is 14.5. The minimum Gasteiger partial charge on any atom is -0.338 e. The summed E-state index contributed by atoms with van der Waals surface area (Å²) in [7, 11) is 0. The van der Waals surface area contributed by atoms with Crippen LogP contribution in [-0.4, -0.2) is 33.2 Å². The maximum absolute atomic E-state index is 12.7. The average molecular weight is 371 g/mol. The standard InChI is InChI=1S/C17H20F3N3OS/c18-17(19,20)15-5-7-22(21-15)8-9-23(14-3-1-2-4-14)16(24)11-13-6-10-25-12-13/h5-7,10,12,14H,1-4,8-9,11H2. The molecule has 0 aromatic carbocycles. The number of nitrogens with zero attached hydrogens (tertiary/aromatic N) is 3. The Morgan fingerprint density at radius 1 is 1.32 bits per heavy atom. The Morgan fingerprint density at radius 2 is 2.08 bits per heavy atom. The van der Waals surface area contributed by atoms with E-state index >= 15 is 0 Å². The van der Waals surface area contributed by atoms with E-state index in [0.717, 1.165) is 37.3 Å². The minimum absolute atomic E-state index is 0.0356. The Morgan fingerprint density at radius 3 is 2.68 bits per heavy atom. The SMILES string of the molecule is O=C(Cc1ccsc1)N(CCn1ccc(C(F)(F)F)n1)C1CCCC1. The monoisotopic (exact) mass is 371 g/mol. The van der Waals surface area contributed by atoms with Gasteiger partial charge in [-0.2, -0.15) is 29.6 Å². The molecule has 0 atom stereocenters. The molecule has 0 aliphatic heterocycles. The van der Waals surface area contributed by atoms with Crippen LogP contribution in [0.4, 0.5) is 13.2 Å². The summed E-state index contributed by atoms with van der Waals surface area (Å²) in [6, 6.07) is 3.08. The number of carbonyl (C=O) groups is 1. The third kappa shape index (κ3) is 4.62. The highest BCUT2D eigenvalue weighted by Gasteiger charge is 2.33. The van der Waals surface area contributed by atoms with Gasteiger partial charge in [-0.25, -0.2) is 0 Å². The summed E-state index contributed by atoms with van der Waals surface area (Å²) < 4.78 is 39.2. The number of rotatable bonds is 6. The zero-order chi connectivity index (χ0) is 17.9. The van der Waals surface area contributed by atoms with Gasteiger partial charge in [-0.1, -0.05) is 12.8 Å². The molecule has 2 heterocycles. The van der Waals surface area contributed by atoms with Crippen LogP contribution in [0, 0.1) is 0 Å². The van der Waals surface area contributed by atoms with Gasteiger partial charge in [0.1, 0.15) is 0 Å². The molecule has 4 nitrogen and oxygen atoms in total. The molecule has 1 aliphatic carbocycles. The first-order valence-corrected chi connectivity index (χ1v) is 9.29. The fraction of sp³-hybridized carbons (Fsp3) is 0.529. The van der Waals surface area contributed by atoms with Crippen molar-refractivity contribution >= 4 is 17.2 Å². The van der Waals surface area contributed by atoms with Gasteiger partial charge < -0.3 is 4.90 Å². The van der Waals surface area contributed by atoms with E-state index < -0.39 is 11.9 Å². The molecule has 2 aromatic rings. The van der Waals surface area contributed by atoms with Gasteiger partial charge in [0.15, 0.2) is 5.69 Å². The third-order valence-electron chi connectivity index (χ3n) is 4.52. The van der Waals surface area contributed by atoms with Crippen molar-refractivity contribution in [1.29, 1.82) is 0 Å². The van der Waals surface area contributed by atoms with Gasteiger partial charge in [0.05, 0.1) is 13.0 Å². The van der Waals surface area contributed by atoms with Crippen LogP contribution in [0.1, 0.15) is 36.9 Å². The Balaban J connectivity index is 1.65. The molecular formula is C17H20F3N3OS. The fourth-order valence-corrected chi connectivity index (χ4v) is 3.91. The van der Waals surface area contributed by atoms with Gasteiger partial charge in [0.2, 0.25) is 5.91 Å². The third-order valence-corrected chi connectivity index (χ3v) is 5.25. The highest BCUT2D eigenvalue weighted by molar-refractivity contribution is 7.07. The van der Waals surface area contributed by atoms with E-state index in [1.165, 1.54) is 10.9 Å². The first kappa shape index (κ1) is 18.0. The van der Waals surface area contributed by atoms with Gasteiger partial charge in [0.25, 0.3) is 0 Å². The van der Waals surface area contributed by atoms with E-state index in [9.17, 15) is 18.0 Å². The van der Waals surface area contributed by atoms with Crippen molar-refractivity contribution < 1.29 is 18.0 Å². The van der Waals surface area contributed by atoms with Gasteiger partial charge in [-0.05, 0) is 41.3 Å². The van der Waals surface area contributed by atoms with E-state index in [4.69, 9.17) is 0 Å². The van der Waals surface area contributed by atoms with Crippen LogP contribution in [-0.2, 0) is 23.9 Å². The first-order valence-electron chi connectivity index (χ1n) is 8.34. The van der Waals surface area contributed by atoms with Crippen molar-refractivity contribution in [3.63, 3.8) is 0 Å². The summed E-state index contributed by atoms with van der Waals surface area (Å²) in [5.74, 6) is 0.0356. The molecule has 0 N–H and O–H groups in total. The van der Waals surface area contributed by atoms with Crippen molar-refractivity contribution in [2.24, 2.45) is 0 Å². The van der Waals surface area contributed by atoms with Crippen LogP contribution in [0.5, 0.6) is 0 Å². The van der Waals surface area contributed by atoms with Crippen molar-refractivity contribution in [3.05, 3.63) is 40.3 Å². The van der Waals surface area contributed by atoms with Crippen LogP contribution in [0.15, 0.2) is 29.1 Å². The van der Waals surface area contributed by atoms with Crippen molar-refractivity contribution in [1.82, 2.24) is 14.7 Å². The minimum atomic E-state index is -4.44. The lowest BCUT2D eigenvalue weighted by Gasteiger charge is -2.29. The molecule has 136 valence electrons. The quantitative estimate of drug-likeness (QED) is 0.770. The number of carbonyl (C=O) groups excluding carboxylic acids is 1. The van der Waals surface area contributed by atoms with Crippen LogP contribution in [0.2, 0.25) is 0 Å². The lowest BCUT2D eigenvalue weighted by atomic mass is 10.1. The maximum Gasteiger partial charge on any atom is 0.435 e. The molecule has 0 unspecified atom stereocenters. The summed E-state index contributed by atoms with van der Waals surface area (Å²) in [4.78, 5) is 14.5. The van der Waals surface area contributed by atoms with E-state index in [1.54, 1.807) is 11.3 Å². The van der Waals surface area contributed by atoms with Gasteiger partial charge in [-0.3, -0.25) is 9.48 Å². The highest BCUT2D eigenvalue weighted by atomic mass is 32.1. The summed E-state index contributed by atoms with van der Waals surface area (Å²) in [6.07, 6.45) is 1.32. The highest BCUT2D eigenvalue weighted by Crippen LogP contribution is 2.27. The molecule has 0 spiro atoms. The van der Waals surface area contributed by atoms with Crippen molar-refractivity contribution in [2.45, 2.75) is 50.9 Å². The van der Waals surface area contributed by atoms with E-state index in [0.29, 0.717) is 13.0 Å². The second-order valence-corrected chi connectivity index (χ2v) is 7.08. The van der Waals surface area contributed by atoms with Crippen LogP contribution >= 0.6 is 11.3 Å². The van der Waals surface area contributed by atoms with Gasteiger partial charge >= 0.3 is 6.18 Å². The summed E-state index contributed by atoms with van der Waals surface area (Å²) in [6.45, 7) is 0.647. The summed E-state index contributed by atoms with van der Waals surface area (Å²) in [5.41, 5.74) is 0.0842. The van der Waals surface area contributed by atoms with Crippen molar-refractivity contribution in [3.8, 4) is 0 Å². The number of aromatic nitrogens is 2. The molecule has 0 bridgehead atoms. The predicted octanol–water partition coefficient (Wildman–Crippen LogP) is 3.98. The predicted molar refractivity (Wildman–Crippen MR) is 89.2 cm³/mol. The Kier molecular flexibility index (Phi) is 5.46. The molecular weight excluding hydrogens is 351 g/mol. The molecule has 1 aliphatic rings. The van der Waals surface area contributed by atoms with Gasteiger partial charge in [0, 0.05) is 18.8 Å². The molecule has 1 saturated carbocycles. The number of amides is 1. The maximum atomic E-state index is 12.7. The van der Waals surface area contributed by atoms with E-state index in [-0.39, 0.29) is 18.5 Å². The molecule has 2 aromatic heterocycles. The van der Waals surface area contributed by atoms with Crippen LogP contribution in [0.3, 0.4) is 0 Å². The number of halogens is 3. The normalized spacial score (nSPS) is 15.6. The largest absolute Gasteiger partial charge is 0.435 e. The molecule has 1 amide bonds. The molecule has 8 heteroatoms. The number of hydrogen-bond acceptors (Lipinski definition) is 3. The summed E-state index contributed by atoms with van der Waals surface area (Å²) >= 11 is 1.55. The van der Waals surface area contributed by atoms with Crippen molar-refractivity contribution in [2.75, 3.05) is 6.54 Å². The Bertz CT molecular complexity index is 690.